The maximum absolute atomic E-state index is 12.4. The predicted octanol–water partition coefficient (Wildman–Crippen LogP) is 2.37. The number of benzene rings is 1. The minimum Gasteiger partial charge on any atom is -0.367 e. The van der Waals surface area contributed by atoms with Crippen LogP contribution in [0.1, 0.15) is 19.0 Å². The van der Waals surface area contributed by atoms with E-state index in [-0.39, 0.29) is 11.9 Å². The number of fused-ring (bicyclic) bond motifs is 1. The van der Waals surface area contributed by atoms with Gasteiger partial charge in [0.05, 0.1) is 11.4 Å². The van der Waals surface area contributed by atoms with E-state index in [1.54, 1.807) is 4.90 Å². The van der Waals surface area contributed by atoms with E-state index in [9.17, 15) is 4.79 Å². The molecule has 2 aromatic rings. The van der Waals surface area contributed by atoms with Gasteiger partial charge in [-0.15, -0.1) is 0 Å². The highest BCUT2D eigenvalue weighted by Crippen LogP contribution is 2.37. The van der Waals surface area contributed by atoms with Gasteiger partial charge in [-0.05, 0) is 26.0 Å². The molecule has 2 heterocycles. The molecule has 5 heteroatoms. The van der Waals surface area contributed by atoms with E-state index < -0.39 is 0 Å². The van der Waals surface area contributed by atoms with E-state index in [2.05, 4.69) is 16.9 Å². The number of amides is 1. The molecule has 0 aliphatic carbocycles. The zero-order valence-corrected chi connectivity index (χ0v) is 12.9. The Balaban J connectivity index is 2.25. The highest BCUT2D eigenvalue weighted by Gasteiger charge is 2.32. The topological polar surface area (TPSA) is 41.4 Å². The van der Waals surface area contributed by atoms with Gasteiger partial charge in [-0.3, -0.25) is 9.69 Å². The first-order valence-corrected chi connectivity index (χ1v) is 7.15. The van der Waals surface area contributed by atoms with Crippen molar-refractivity contribution < 1.29 is 4.79 Å². The molecule has 1 aromatic heterocycles. The molecule has 0 saturated carbocycles. The maximum atomic E-state index is 12.4. The molecule has 110 valence electrons. The third kappa shape index (κ3) is 2.09. The van der Waals surface area contributed by atoms with Crippen molar-refractivity contribution in [1.29, 1.82) is 0 Å². The second kappa shape index (κ2) is 4.91. The van der Waals surface area contributed by atoms with Crippen LogP contribution in [0.15, 0.2) is 30.3 Å². The minimum absolute atomic E-state index is 0.116. The van der Waals surface area contributed by atoms with E-state index >= 15 is 0 Å². The summed E-state index contributed by atoms with van der Waals surface area (Å²) in [4.78, 5) is 16.3. The normalized spacial score (nSPS) is 18.7. The number of carbonyl (C=O) groups excluding carboxylic acids is 1. The number of hydrogen-bond donors (Lipinski definition) is 0. The molecule has 0 fully saturated rings. The lowest BCUT2D eigenvalue weighted by Gasteiger charge is -2.23. The summed E-state index contributed by atoms with van der Waals surface area (Å²) in [7, 11) is 3.85. The zero-order valence-electron chi connectivity index (χ0n) is 12.9. The average Bonchev–Trinajstić information content (AvgIpc) is 2.79. The van der Waals surface area contributed by atoms with Gasteiger partial charge in [0.1, 0.15) is 5.69 Å². The Labute approximate surface area is 124 Å². The van der Waals surface area contributed by atoms with Crippen LogP contribution in [0, 0.1) is 6.92 Å². The monoisotopic (exact) mass is 284 g/mol. The van der Waals surface area contributed by atoms with Gasteiger partial charge >= 0.3 is 0 Å². The summed E-state index contributed by atoms with van der Waals surface area (Å²) in [6.07, 6.45) is 0.510. The number of anilines is 2. The Morgan fingerprint density at radius 1 is 1.19 bits per heavy atom. The third-order valence-corrected chi connectivity index (χ3v) is 4.18. The molecule has 3 rings (SSSR count). The fourth-order valence-corrected chi connectivity index (χ4v) is 2.84. The van der Waals surface area contributed by atoms with Gasteiger partial charge in [0.15, 0.2) is 5.82 Å². The molecular weight excluding hydrogens is 264 g/mol. The molecule has 5 nitrogen and oxygen atoms in total. The molecule has 0 bridgehead atoms. The fraction of sp³-hybridized carbons (Fsp3) is 0.375. The van der Waals surface area contributed by atoms with Gasteiger partial charge in [-0.25, -0.2) is 4.68 Å². The summed E-state index contributed by atoms with van der Waals surface area (Å²) in [6, 6.07) is 10.1. The molecular formula is C16H20N4O. The SMILES string of the molecule is Cc1nn(-c2ccccc2)c2c1N(C)C(C)CC(=O)N2C. The van der Waals surface area contributed by atoms with Crippen LogP contribution >= 0.6 is 0 Å². The van der Waals surface area contributed by atoms with Crippen LogP contribution in [0.2, 0.25) is 0 Å². The van der Waals surface area contributed by atoms with Crippen molar-refractivity contribution in [2.75, 3.05) is 23.9 Å². The Kier molecular flexibility index (Phi) is 3.20. The predicted molar refractivity (Wildman–Crippen MR) is 84.2 cm³/mol. The van der Waals surface area contributed by atoms with Crippen molar-refractivity contribution in [3.63, 3.8) is 0 Å². The fourth-order valence-electron chi connectivity index (χ4n) is 2.84. The number of nitrogens with zero attached hydrogens (tertiary/aromatic N) is 4. The second-order valence-corrected chi connectivity index (χ2v) is 5.62. The van der Waals surface area contributed by atoms with Crippen molar-refractivity contribution in [3.05, 3.63) is 36.0 Å². The molecule has 1 aromatic carbocycles. The first kappa shape index (κ1) is 13.7. The van der Waals surface area contributed by atoms with Gasteiger partial charge < -0.3 is 4.90 Å². The van der Waals surface area contributed by atoms with Crippen molar-refractivity contribution in [2.24, 2.45) is 0 Å². The maximum Gasteiger partial charge on any atom is 0.229 e. The highest BCUT2D eigenvalue weighted by atomic mass is 16.2. The number of aryl methyl sites for hydroxylation is 1. The van der Waals surface area contributed by atoms with Gasteiger partial charge in [-0.1, -0.05) is 18.2 Å². The van der Waals surface area contributed by atoms with Crippen LogP contribution in [-0.4, -0.2) is 35.8 Å². The van der Waals surface area contributed by atoms with Gasteiger partial charge in [0, 0.05) is 26.6 Å². The molecule has 1 aliphatic heterocycles. The molecule has 21 heavy (non-hydrogen) atoms. The van der Waals surface area contributed by atoms with Crippen molar-refractivity contribution >= 4 is 17.4 Å². The Bertz CT molecular complexity index is 677. The highest BCUT2D eigenvalue weighted by molar-refractivity contribution is 5.98. The molecule has 0 N–H and O–H groups in total. The van der Waals surface area contributed by atoms with Crippen LogP contribution in [0.4, 0.5) is 11.5 Å². The number of aromatic nitrogens is 2. The summed E-state index contributed by atoms with van der Waals surface area (Å²) in [5.74, 6) is 0.959. The van der Waals surface area contributed by atoms with Crippen molar-refractivity contribution in [1.82, 2.24) is 9.78 Å². The Morgan fingerprint density at radius 3 is 2.52 bits per heavy atom. The van der Waals surface area contributed by atoms with Crippen LogP contribution in [0.25, 0.3) is 5.69 Å². The average molecular weight is 284 g/mol. The Hall–Kier alpha value is -2.30. The van der Waals surface area contributed by atoms with E-state index in [1.807, 2.05) is 56.0 Å². The van der Waals surface area contributed by atoms with Gasteiger partial charge in [0.2, 0.25) is 5.91 Å². The molecule has 0 spiro atoms. The van der Waals surface area contributed by atoms with E-state index in [4.69, 9.17) is 0 Å². The van der Waals surface area contributed by atoms with Crippen LogP contribution in [0.3, 0.4) is 0 Å². The molecule has 0 saturated heterocycles. The molecule has 0 radical (unpaired) electrons. The summed E-state index contributed by atoms with van der Waals surface area (Å²) < 4.78 is 1.86. The second-order valence-electron chi connectivity index (χ2n) is 5.62. The lowest BCUT2D eigenvalue weighted by Crippen LogP contribution is -2.32. The lowest BCUT2D eigenvalue weighted by molar-refractivity contribution is -0.118. The van der Waals surface area contributed by atoms with E-state index in [0.29, 0.717) is 6.42 Å². The molecule has 1 aliphatic rings. The Morgan fingerprint density at radius 2 is 1.86 bits per heavy atom. The quantitative estimate of drug-likeness (QED) is 0.807. The van der Waals surface area contributed by atoms with E-state index in [0.717, 1.165) is 22.9 Å². The molecule has 1 atom stereocenters. The summed E-state index contributed by atoms with van der Waals surface area (Å²) in [6.45, 7) is 4.06. The van der Waals surface area contributed by atoms with Gasteiger partial charge in [0.25, 0.3) is 0 Å². The third-order valence-electron chi connectivity index (χ3n) is 4.18. The number of carbonyl (C=O) groups is 1. The summed E-state index contributed by atoms with van der Waals surface area (Å²) in [5.41, 5.74) is 2.92. The minimum atomic E-state index is 0.116. The van der Waals surface area contributed by atoms with E-state index in [1.165, 1.54) is 0 Å². The largest absolute Gasteiger partial charge is 0.367 e. The smallest absolute Gasteiger partial charge is 0.229 e. The standard InChI is InChI=1S/C16H20N4O/c1-11-10-14(21)19(4)16-15(18(11)3)12(2)17-20(16)13-8-6-5-7-9-13/h5-9,11H,10H2,1-4H3. The zero-order chi connectivity index (χ0) is 15.1. The number of hydrogen-bond acceptors (Lipinski definition) is 3. The molecule has 1 unspecified atom stereocenters. The van der Waals surface area contributed by atoms with Crippen LogP contribution in [0.5, 0.6) is 0 Å². The van der Waals surface area contributed by atoms with Crippen molar-refractivity contribution in [2.45, 2.75) is 26.3 Å². The summed E-state index contributed by atoms with van der Waals surface area (Å²) in [5, 5.41) is 4.65. The number of para-hydroxylation sites is 1. The van der Waals surface area contributed by atoms with Gasteiger partial charge in [-0.2, -0.15) is 5.10 Å². The first-order valence-electron chi connectivity index (χ1n) is 7.15. The van der Waals surface area contributed by atoms with Crippen molar-refractivity contribution in [3.8, 4) is 5.69 Å². The summed E-state index contributed by atoms with van der Waals surface area (Å²) >= 11 is 0. The molecule has 1 amide bonds. The van der Waals surface area contributed by atoms with Crippen LogP contribution in [-0.2, 0) is 4.79 Å². The first-order chi connectivity index (χ1) is 10.0. The number of rotatable bonds is 1. The van der Waals surface area contributed by atoms with Crippen LogP contribution < -0.4 is 9.80 Å². The lowest BCUT2D eigenvalue weighted by atomic mass is 10.2.